The van der Waals surface area contributed by atoms with Crippen LogP contribution in [0.25, 0.3) is 0 Å². The summed E-state index contributed by atoms with van der Waals surface area (Å²) in [7, 11) is 0. The van der Waals surface area contributed by atoms with Crippen LogP contribution in [0.1, 0.15) is 22.0 Å². The maximum atomic E-state index is 6.19. The van der Waals surface area contributed by atoms with Crippen molar-refractivity contribution in [2.24, 2.45) is 5.84 Å². The Morgan fingerprint density at radius 1 is 1.39 bits per heavy atom. The molecule has 0 amide bonds. The summed E-state index contributed by atoms with van der Waals surface area (Å²) in [6, 6.07) is 7.93. The molecule has 0 bridgehead atoms. The molecule has 1 aliphatic rings. The van der Waals surface area contributed by atoms with Gasteiger partial charge in [-0.25, -0.2) is 5.43 Å². The van der Waals surface area contributed by atoms with Gasteiger partial charge in [-0.15, -0.1) is 11.3 Å². The van der Waals surface area contributed by atoms with E-state index in [0.717, 1.165) is 34.2 Å². The van der Waals surface area contributed by atoms with E-state index in [1.54, 1.807) is 11.3 Å². The van der Waals surface area contributed by atoms with E-state index >= 15 is 0 Å². The summed E-state index contributed by atoms with van der Waals surface area (Å²) >= 11 is 7.78. The van der Waals surface area contributed by atoms with E-state index in [-0.39, 0.29) is 6.04 Å². The highest BCUT2D eigenvalue weighted by molar-refractivity contribution is 7.10. The molecule has 0 spiro atoms. The summed E-state index contributed by atoms with van der Waals surface area (Å²) in [5.74, 6) is 6.65. The van der Waals surface area contributed by atoms with Crippen molar-refractivity contribution >= 4 is 22.9 Å². The van der Waals surface area contributed by atoms with Gasteiger partial charge in [0.15, 0.2) is 0 Å². The standard InChI is InChI=1S/C13H13ClN2OS/c14-10-5-7-18-13(10)11(16-15)9-3-1-2-8-4-6-17-12(8)9/h1-3,5,7,11,16H,4,6,15H2. The van der Waals surface area contributed by atoms with Gasteiger partial charge in [-0.3, -0.25) is 5.84 Å². The van der Waals surface area contributed by atoms with Crippen LogP contribution in [0.15, 0.2) is 29.6 Å². The van der Waals surface area contributed by atoms with Crippen LogP contribution in [0.3, 0.4) is 0 Å². The van der Waals surface area contributed by atoms with Gasteiger partial charge >= 0.3 is 0 Å². The van der Waals surface area contributed by atoms with Crippen LogP contribution in [-0.4, -0.2) is 6.61 Å². The minimum Gasteiger partial charge on any atom is -0.493 e. The molecule has 2 heterocycles. The smallest absolute Gasteiger partial charge is 0.127 e. The summed E-state index contributed by atoms with van der Waals surface area (Å²) in [6.07, 6.45) is 0.957. The average Bonchev–Trinajstić information content (AvgIpc) is 3.00. The number of para-hydroxylation sites is 1. The largest absolute Gasteiger partial charge is 0.493 e. The topological polar surface area (TPSA) is 47.3 Å². The highest BCUT2D eigenvalue weighted by atomic mass is 35.5. The fourth-order valence-corrected chi connectivity index (χ4v) is 3.53. The predicted molar refractivity (Wildman–Crippen MR) is 74.1 cm³/mol. The monoisotopic (exact) mass is 280 g/mol. The van der Waals surface area contributed by atoms with E-state index < -0.39 is 0 Å². The van der Waals surface area contributed by atoms with E-state index in [9.17, 15) is 0 Å². The number of fused-ring (bicyclic) bond motifs is 1. The first-order valence-electron chi connectivity index (χ1n) is 5.75. The zero-order valence-corrected chi connectivity index (χ0v) is 11.2. The lowest BCUT2D eigenvalue weighted by atomic mass is 10.0. The van der Waals surface area contributed by atoms with Crippen LogP contribution in [0, 0.1) is 0 Å². The van der Waals surface area contributed by atoms with Gasteiger partial charge in [0, 0.05) is 16.9 Å². The Morgan fingerprint density at radius 2 is 2.28 bits per heavy atom. The summed E-state index contributed by atoms with van der Waals surface area (Å²) in [6.45, 7) is 0.738. The predicted octanol–water partition coefficient (Wildman–Crippen LogP) is 2.89. The first-order valence-corrected chi connectivity index (χ1v) is 7.00. The van der Waals surface area contributed by atoms with Gasteiger partial charge in [-0.2, -0.15) is 0 Å². The molecule has 1 atom stereocenters. The van der Waals surface area contributed by atoms with Crippen LogP contribution in [0.2, 0.25) is 5.02 Å². The van der Waals surface area contributed by atoms with Crippen LogP contribution >= 0.6 is 22.9 Å². The average molecular weight is 281 g/mol. The molecule has 3 rings (SSSR count). The van der Waals surface area contributed by atoms with E-state index in [0.29, 0.717) is 0 Å². The number of hydrazine groups is 1. The third-order valence-electron chi connectivity index (χ3n) is 3.13. The van der Waals surface area contributed by atoms with Crippen molar-refractivity contribution in [3.05, 3.63) is 50.7 Å². The Morgan fingerprint density at radius 3 is 3.00 bits per heavy atom. The van der Waals surface area contributed by atoms with Crippen molar-refractivity contribution in [1.29, 1.82) is 0 Å². The van der Waals surface area contributed by atoms with Gasteiger partial charge in [0.2, 0.25) is 0 Å². The number of nitrogens with one attached hydrogen (secondary N) is 1. The third-order valence-corrected chi connectivity index (χ3v) is 4.55. The van der Waals surface area contributed by atoms with Gasteiger partial charge in [0.1, 0.15) is 5.75 Å². The molecule has 1 aromatic heterocycles. The number of thiophene rings is 1. The maximum Gasteiger partial charge on any atom is 0.127 e. The first-order chi connectivity index (χ1) is 8.81. The first kappa shape index (κ1) is 12.0. The van der Waals surface area contributed by atoms with Crippen LogP contribution in [0.5, 0.6) is 5.75 Å². The van der Waals surface area contributed by atoms with Gasteiger partial charge in [0.25, 0.3) is 0 Å². The molecule has 3 N–H and O–H groups in total. The molecule has 1 aliphatic heterocycles. The van der Waals surface area contributed by atoms with Gasteiger partial charge in [-0.1, -0.05) is 29.8 Å². The van der Waals surface area contributed by atoms with Crippen LogP contribution in [0.4, 0.5) is 0 Å². The molecule has 94 valence electrons. The van der Waals surface area contributed by atoms with E-state index in [2.05, 4.69) is 11.5 Å². The zero-order chi connectivity index (χ0) is 12.5. The molecule has 0 saturated heterocycles. The lowest BCUT2D eigenvalue weighted by Gasteiger charge is -2.18. The lowest BCUT2D eigenvalue weighted by molar-refractivity contribution is 0.350. The fraction of sp³-hybridized carbons (Fsp3) is 0.231. The maximum absolute atomic E-state index is 6.19. The molecule has 0 fully saturated rings. The minimum atomic E-state index is -0.120. The van der Waals surface area contributed by atoms with Gasteiger partial charge in [0.05, 0.1) is 17.7 Å². The third kappa shape index (κ3) is 1.91. The fourth-order valence-electron chi connectivity index (χ4n) is 2.29. The van der Waals surface area contributed by atoms with Crippen molar-refractivity contribution in [2.45, 2.75) is 12.5 Å². The Bertz CT molecular complexity index is 570. The van der Waals surface area contributed by atoms with E-state index in [1.165, 1.54) is 5.56 Å². The molecule has 3 nitrogen and oxygen atoms in total. The Balaban J connectivity index is 2.08. The molecule has 0 aliphatic carbocycles. The second-order valence-electron chi connectivity index (χ2n) is 4.17. The Kier molecular flexibility index (Phi) is 3.26. The zero-order valence-electron chi connectivity index (χ0n) is 9.65. The summed E-state index contributed by atoms with van der Waals surface area (Å²) in [5, 5.41) is 2.70. The Labute approximate surface area is 114 Å². The second kappa shape index (κ2) is 4.90. The van der Waals surface area contributed by atoms with Gasteiger partial charge < -0.3 is 4.74 Å². The highest BCUT2D eigenvalue weighted by Crippen LogP contribution is 2.39. The number of ether oxygens (including phenoxy) is 1. The summed E-state index contributed by atoms with van der Waals surface area (Å²) < 4.78 is 5.72. The Hall–Kier alpha value is -1.07. The molecule has 1 unspecified atom stereocenters. The number of hydrogen-bond donors (Lipinski definition) is 2. The molecule has 0 radical (unpaired) electrons. The highest BCUT2D eigenvalue weighted by Gasteiger charge is 2.24. The molecule has 5 heteroatoms. The summed E-state index contributed by atoms with van der Waals surface area (Å²) in [5.41, 5.74) is 5.13. The minimum absolute atomic E-state index is 0.120. The quantitative estimate of drug-likeness (QED) is 0.671. The number of benzene rings is 1. The molecule has 0 saturated carbocycles. The molecular formula is C13H13ClN2OS. The van der Waals surface area contributed by atoms with Crippen molar-refractivity contribution in [1.82, 2.24) is 5.43 Å². The molecule has 18 heavy (non-hydrogen) atoms. The van der Waals surface area contributed by atoms with E-state index in [1.807, 2.05) is 23.6 Å². The molecule has 1 aromatic carbocycles. The van der Waals surface area contributed by atoms with Crippen molar-refractivity contribution in [2.75, 3.05) is 6.61 Å². The number of hydrogen-bond acceptors (Lipinski definition) is 4. The summed E-state index contributed by atoms with van der Waals surface area (Å²) in [4.78, 5) is 1.02. The second-order valence-corrected chi connectivity index (χ2v) is 5.52. The number of rotatable bonds is 3. The van der Waals surface area contributed by atoms with Crippen molar-refractivity contribution in [3.63, 3.8) is 0 Å². The SMILES string of the molecule is NNC(c1cccc2c1OCC2)c1sccc1Cl. The van der Waals surface area contributed by atoms with Crippen molar-refractivity contribution in [3.8, 4) is 5.75 Å². The van der Waals surface area contributed by atoms with Crippen molar-refractivity contribution < 1.29 is 4.74 Å². The van der Waals surface area contributed by atoms with E-state index in [4.69, 9.17) is 22.2 Å². The van der Waals surface area contributed by atoms with Crippen LogP contribution < -0.4 is 16.0 Å². The molecule has 2 aromatic rings. The number of nitrogens with two attached hydrogens (primary N) is 1. The van der Waals surface area contributed by atoms with Crippen LogP contribution in [-0.2, 0) is 6.42 Å². The molecular weight excluding hydrogens is 268 g/mol. The normalized spacial score (nSPS) is 15.2. The van der Waals surface area contributed by atoms with Gasteiger partial charge in [-0.05, 0) is 17.0 Å². The number of halogens is 1. The lowest BCUT2D eigenvalue weighted by Crippen LogP contribution is -2.28.